The number of carboxylic acids is 1. The summed E-state index contributed by atoms with van der Waals surface area (Å²) in [7, 11) is 0. The second-order valence-electron chi connectivity index (χ2n) is 4.81. The van der Waals surface area contributed by atoms with Crippen LogP contribution in [-0.4, -0.2) is 11.1 Å². The topological polar surface area (TPSA) is 37.3 Å². The quantitative estimate of drug-likeness (QED) is 0.841. The lowest BCUT2D eigenvalue weighted by Gasteiger charge is -2.33. The molecule has 2 heteroatoms. The summed E-state index contributed by atoms with van der Waals surface area (Å²) in [6, 6.07) is 8.31. The second-order valence-corrected chi connectivity index (χ2v) is 4.81. The van der Waals surface area contributed by atoms with Crippen molar-refractivity contribution in [2.75, 3.05) is 0 Å². The maximum atomic E-state index is 10.9. The van der Waals surface area contributed by atoms with Crippen LogP contribution >= 0.6 is 0 Å². The molecule has 0 heterocycles. The molecule has 0 saturated heterocycles. The first-order chi connectivity index (χ1) is 7.66. The van der Waals surface area contributed by atoms with E-state index in [4.69, 9.17) is 5.11 Å². The number of rotatable bonds is 4. The Balaban J connectivity index is 2.16. The van der Waals surface area contributed by atoms with Crippen molar-refractivity contribution < 1.29 is 9.90 Å². The summed E-state index contributed by atoms with van der Waals surface area (Å²) in [6.45, 7) is 2.05. The number of benzene rings is 1. The van der Waals surface area contributed by atoms with Crippen molar-refractivity contribution in [2.24, 2.45) is 5.92 Å². The molecule has 0 amide bonds. The van der Waals surface area contributed by atoms with Crippen molar-refractivity contribution in [1.29, 1.82) is 0 Å². The Kier molecular flexibility index (Phi) is 3.28. The third-order valence-electron chi connectivity index (χ3n) is 3.62. The van der Waals surface area contributed by atoms with Crippen LogP contribution in [0.4, 0.5) is 0 Å². The zero-order valence-electron chi connectivity index (χ0n) is 9.65. The first kappa shape index (κ1) is 11.2. The van der Waals surface area contributed by atoms with Crippen LogP contribution in [0.5, 0.6) is 0 Å². The average molecular weight is 218 g/mol. The molecule has 1 fully saturated rings. The van der Waals surface area contributed by atoms with E-state index in [1.54, 1.807) is 0 Å². The Labute approximate surface area is 96.3 Å². The molecule has 1 unspecified atom stereocenters. The fraction of sp³-hybridized carbons (Fsp3) is 0.500. The van der Waals surface area contributed by atoms with E-state index >= 15 is 0 Å². The standard InChI is InChI=1S/C14H18O2/c1-10-5-7-12(8-6-10)13(9-14(15)16)11-3-2-4-11/h5-8,11,13H,2-4,9H2,1H3,(H,15,16). The number of aliphatic carboxylic acids is 1. The van der Waals surface area contributed by atoms with Crippen LogP contribution in [0, 0.1) is 12.8 Å². The first-order valence-electron chi connectivity index (χ1n) is 5.95. The number of hydrogen-bond donors (Lipinski definition) is 1. The summed E-state index contributed by atoms with van der Waals surface area (Å²) >= 11 is 0. The van der Waals surface area contributed by atoms with Crippen LogP contribution in [0.1, 0.15) is 42.7 Å². The predicted molar refractivity (Wildman–Crippen MR) is 63.5 cm³/mol. The molecule has 1 aromatic carbocycles. The van der Waals surface area contributed by atoms with Gasteiger partial charge < -0.3 is 5.11 Å². The summed E-state index contributed by atoms with van der Waals surface area (Å²) < 4.78 is 0. The minimum absolute atomic E-state index is 0.215. The third-order valence-corrected chi connectivity index (χ3v) is 3.62. The maximum absolute atomic E-state index is 10.9. The molecule has 0 aromatic heterocycles. The van der Waals surface area contributed by atoms with E-state index < -0.39 is 5.97 Å². The second kappa shape index (κ2) is 4.69. The first-order valence-corrected chi connectivity index (χ1v) is 5.95. The van der Waals surface area contributed by atoms with Gasteiger partial charge in [-0.05, 0) is 37.2 Å². The largest absolute Gasteiger partial charge is 0.481 e. The highest BCUT2D eigenvalue weighted by atomic mass is 16.4. The normalized spacial score (nSPS) is 17.8. The summed E-state index contributed by atoms with van der Waals surface area (Å²) in [5.74, 6) is 0.114. The summed E-state index contributed by atoms with van der Waals surface area (Å²) in [6.07, 6.45) is 3.90. The van der Waals surface area contributed by atoms with Gasteiger partial charge in [0, 0.05) is 0 Å². The Morgan fingerprint density at radius 1 is 1.38 bits per heavy atom. The lowest BCUT2D eigenvalue weighted by molar-refractivity contribution is -0.138. The van der Waals surface area contributed by atoms with E-state index in [-0.39, 0.29) is 12.3 Å². The molecule has 1 aromatic rings. The molecular weight excluding hydrogens is 200 g/mol. The molecule has 1 saturated carbocycles. The van der Waals surface area contributed by atoms with Gasteiger partial charge in [-0.3, -0.25) is 4.79 Å². The smallest absolute Gasteiger partial charge is 0.303 e. The molecule has 0 radical (unpaired) electrons. The average Bonchev–Trinajstić information content (AvgIpc) is 2.14. The van der Waals surface area contributed by atoms with E-state index in [1.165, 1.54) is 30.4 Å². The number of carbonyl (C=O) groups is 1. The zero-order valence-corrected chi connectivity index (χ0v) is 9.65. The van der Waals surface area contributed by atoms with Gasteiger partial charge in [-0.2, -0.15) is 0 Å². The van der Waals surface area contributed by atoms with E-state index in [9.17, 15) is 4.79 Å². The fourth-order valence-electron chi connectivity index (χ4n) is 2.40. The van der Waals surface area contributed by atoms with E-state index in [0.29, 0.717) is 5.92 Å². The highest BCUT2D eigenvalue weighted by Gasteiger charge is 2.29. The summed E-state index contributed by atoms with van der Waals surface area (Å²) in [5.41, 5.74) is 2.42. The van der Waals surface area contributed by atoms with Crippen LogP contribution in [0.2, 0.25) is 0 Å². The van der Waals surface area contributed by atoms with Crippen molar-refractivity contribution in [3.8, 4) is 0 Å². The fourth-order valence-corrected chi connectivity index (χ4v) is 2.40. The molecule has 1 atom stereocenters. The van der Waals surface area contributed by atoms with E-state index in [0.717, 1.165) is 0 Å². The monoisotopic (exact) mass is 218 g/mol. The molecule has 86 valence electrons. The van der Waals surface area contributed by atoms with Crippen molar-refractivity contribution in [3.05, 3.63) is 35.4 Å². The molecule has 1 aliphatic carbocycles. The van der Waals surface area contributed by atoms with Gasteiger partial charge in [0.1, 0.15) is 0 Å². The zero-order chi connectivity index (χ0) is 11.5. The van der Waals surface area contributed by atoms with Gasteiger partial charge in [-0.25, -0.2) is 0 Å². The minimum Gasteiger partial charge on any atom is -0.481 e. The van der Waals surface area contributed by atoms with Gasteiger partial charge in [0.2, 0.25) is 0 Å². The van der Waals surface area contributed by atoms with E-state index in [2.05, 4.69) is 31.2 Å². The molecule has 2 nitrogen and oxygen atoms in total. The Morgan fingerprint density at radius 3 is 2.44 bits per heavy atom. The van der Waals surface area contributed by atoms with Crippen molar-refractivity contribution in [1.82, 2.24) is 0 Å². The molecule has 16 heavy (non-hydrogen) atoms. The van der Waals surface area contributed by atoms with Crippen LogP contribution in [-0.2, 0) is 4.79 Å². The third kappa shape index (κ3) is 2.43. The molecule has 0 bridgehead atoms. The highest BCUT2D eigenvalue weighted by molar-refractivity contribution is 5.68. The van der Waals surface area contributed by atoms with Crippen LogP contribution < -0.4 is 0 Å². The molecule has 1 aliphatic rings. The highest BCUT2D eigenvalue weighted by Crippen LogP contribution is 2.41. The van der Waals surface area contributed by atoms with Crippen molar-refractivity contribution >= 4 is 5.97 Å². The van der Waals surface area contributed by atoms with Crippen LogP contribution in [0.15, 0.2) is 24.3 Å². The van der Waals surface area contributed by atoms with Gasteiger partial charge in [0.25, 0.3) is 0 Å². The van der Waals surface area contributed by atoms with Crippen molar-refractivity contribution in [3.63, 3.8) is 0 Å². The maximum Gasteiger partial charge on any atom is 0.303 e. The molecule has 2 rings (SSSR count). The number of hydrogen-bond acceptors (Lipinski definition) is 1. The van der Waals surface area contributed by atoms with Crippen molar-refractivity contribution in [2.45, 2.75) is 38.5 Å². The van der Waals surface area contributed by atoms with Gasteiger partial charge in [0.15, 0.2) is 0 Å². The molecular formula is C14H18O2. The number of carboxylic acid groups (broad SMARTS) is 1. The van der Waals surface area contributed by atoms with Gasteiger partial charge in [0.05, 0.1) is 6.42 Å². The number of aryl methyl sites for hydroxylation is 1. The Hall–Kier alpha value is -1.31. The summed E-state index contributed by atoms with van der Waals surface area (Å²) in [5, 5.41) is 8.97. The van der Waals surface area contributed by atoms with Crippen LogP contribution in [0.25, 0.3) is 0 Å². The van der Waals surface area contributed by atoms with Gasteiger partial charge in [-0.1, -0.05) is 36.2 Å². The van der Waals surface area contributed by atoms with E-state index in [1.807, 2.05) is 0 Å². The predicted octanol–water partition coefficient (Wildman–Crippen LogP) is 3.35. The lowest BCUT2D eigenvalue weighted by Crippen LogP contribution is -2.22. The molecule has 1 N–H and O–H groups in total. The summed E-state index contributed by atoms with van der Waals surface area (Å²) in [4.78, 5) is 10.9. The Bertz CT molecular complexity index is 363. The Morgan fingerprint density at radius 2 is 2.00 bits per heavy atom. The lowest BCUT2D eigenvalue weighted by atomic mass is 9.71. The molecule has 0 spiro atoms. The minimum atomic E-state index is -0.683. The van der Waals surface area contributed by atoms with Crippen LogP contribution in [0.3, 0.4) is 0 Å². The van der Waals surface area contributed by atoms with Gasteiger partial charge >= 0.3 is 5.97 Å². The SMILES string of the molecule is Cc1ccc(C(CC(=O)O)C2CCC2)cc1. The molecule has 0 aliphatic heterocycles. The van der Waals surface area contributed by atoms with Gasteiger partial charge in [-0.15, -0.1) is 0 Å².